The summed E-state index contributed by atoms with van der Waals surface area (Å²) in [7, 11) is 0. The number of pyridine rings is 1. The van der Waals surface area contributed by atoms with Crippen LogP contribution in [-0.4, -0.2) is 45.4 Å². The summed E-state index contributed by atoms with van der Waals surface area (Å²) in [6, 6.07) is 6.51. The number of halogens is 6. The number of carbonyl (C=O) groups is 1. The number of fused-ring (bicyclic) bond motifs is 1. The van der Waals surface area contributed by atoms with E-state index in [1.54, 1.807) is 4.90 Å². The minimum atomic E-state index is -4.61. The molecule has 0 unspecified atom stereocenters. The van der Waals surface area contributed by atoms with Gasteiger partial charge in [0.1, 0.15) is 11.6 Å². The van der Waals surface area contributed by atoms with Crippen LogP contribution in [0.1, 0.15) is 45.8 Å². The van der Waals surface area contributed by atoms with Gasteiger partial charge < -0.3 is 15.1 Å². The maximum atomic E-state index is 13.6. The average molecular weight is 536 g/mol. The molecule has 1 amide bonds. The van der Waals surface area contributed by atoms with E-state index < -0.39 is 29.4 Å². The summed E-state index contributed by atoms with van der Waals surface area (Å²) in [6.45, 7) is 1.18. The van der Waals surface area contributed by atoms with Crippen LogP contribution >= 0.6 is 0 Å². The molecule has 13 heteroatoms. The Balaban J connectivity index is 1.51. The normalized spacial score (nSPS) is 15.9. The first-order valence-corrected chi connectivity index (χ1v) is 11.9. The molecular weight excluding hydrogens is 514 g/mol. The van der Waals surface area contributed by atoms with Gasteiger partial charge in [-0.2, -0.15) is 26.3 Å². The molecule has 2 aliphatic heterocycles. The Hall–Kier alpha value is -3.90. The molecule has 4 heterocycles. The van der Waals surface area contributed by atoms with Crippen LogP contribution in [0.3, 0.4) is 0 Å². The third kappa shape index (κ3) is 5.22. The Morgan fingerprint density at radius 3 is 2.26 bits per heavy atom. The molecule has 0 spiro atoms. The molecule has 2 aliphatic rings. The predicted octanol–water partition coefficient (Wildman–Crippen LogP) is 5.45. The summed E-state index contributed by atoms with van der Waals surface area (Å²) in [5.74, 6) is -0.548. The second-order valence-electron chi connectivity index (χ2n) is 9.06. The Morgan fingerprint density at radius 2 is 1.61 bits per heavy atom. The van der Waals surface area contributed by atoms with E-state index in [1.165, 1.54) is 29.3 Å². The first-order chi connectivity index (χ1) is 18.0. The molecule has 2 aromatic heterocycles. The number of carbonyl (C=O) groups excluding carboxylic acids is 1. The summed E-state index contributed by atoms with van der Waals surface area (Å²) < 4.78 is 79.8. The first kappa shape index (κ1) is 25.7. The van der Waals surface area contributed by atoms with Gasteiger partial charge in [0.2, 0.25) is 5.82 Å². The highest BCUT2D eigenvalue weighted by Gasteiger charge is 2.37. The van der Waals surface area contributed by atoms with E-state index in [1.807, 2.05) is 0 Å². The third-order valence-corrected chi connectivity index (χ3v) is 6.52. The minimum Gasteiger partial charge on any atom is -0.350 e. The number of likely N-dealkylation sites (tertiary alicyclic amines) is 1. The highest BCUT2D eigenvalue weighted by atomic mass is 19.4. The smallest absolute Gasteiger partial charge is 0.350 e. The van der Waals surface area contributed by atoms with Crippen LogP contribution < -0.4 is 10.2 Å². The molecular formula is C25H22F6N6O. The summed E-state index contributed by atoms with van der Waals surface area (Å²) in [6.07, 6.45) is -5.93. The molecule has 38 heavy (non-hydrogen) atoms. The fourth-order valence-corrected chi connectivity index (χ4v) is 4.62. The van der Waals surface area contributed by atoms with Crippen molar-refractivity contribution in [3.05, 3.63) is 70.8 Å². The standard InChI is InChI=1S/C25H22F6N6O/c26-24(27,28)15-5-7-16(8-6-15)33-20-17-9-13-37(22-18(25(29,30)31)4-3-10-32-22)14-19(17)34-21(35-20)23(38)36-11-1-2-12-36/h3-8,10H,1-2,9,11-14H2,(H,33,34,35). The number of amides is 1. The van der Waals surface area contributed by atoms with E-state index in [-0.39, 0.29) is 37.0 Å². The van der Waals surface area contributed by atoms with Gasteiger partial charge in [-0.05, 0) is 55.7 Å². The van der Waals surface area contributed by atoms with Crippen LogP contribution in [0, 0.1) is 0 Å². The highest BCUT2D eigenvalue weighted by molar-refractivity contribution is 5.91. The number of nitrogens with zero attached hydrogens (tertiary/aromatic N) is 5. The lowest BCUT2D eigenvalue weighted by Crippen LogP contribution is -2.36. The fourth-order valence-electron chi connectivity index (χ4n) is 4.62. The molecule has 1 aromatic carbocycles. The molecule has 5 rings (SSSR count). The maximum absolute atomic E-state index is 13.6. The van der Waals surface area contributed by atoms with Crippen LogP contribution in [0.25, 0.3) is 0 Å². The number of benzene rings is 1. The molecule has 0 atom stereocenters. The van der Waals surface area contributed by atoms with Crippen molar-refractivity contribution in [2.75, 3.05) is 29.9 Å². The van der Waals surface area contributed by atoms with Gasteiger partial charge in [-0.15, -0.1) is 0 Å². The van der Waals surface area contributed by atoms with Crippen LogP contribution in [0.15, 0.2) is 42.6 Å². The number of aromatic nitrogens is 3. The lowest BCUT2D eigenvalue weighted by Gasteiger charge is -2.32. The fraction of sp³-hybridized carbons (Fsp3) is 0.360. The molecule has 3 aromatic rings. The van der Waals surface area contributed by atoms with E-state index in [4.69, 9.17) is 0 Å². The SMILES string of the molecule is O=C(c1nc2c(c(Nc3ccc(C(F)(F)F)cc3)n1)CCN(c1ncccc1C(F)(F)F)C2)N1CCCC1. The van der Waals surface area contributed by atoms with E-state index >= 15 is 0 Å². The van der Waals surface area contributed by atoms with Crippen LogP contribution in [0.4, 0.5) is 43.7 Å². The number of rotatable bonds is 4. The number of nitrogens with one attached hydrogen (secondary N) is 1. The van der Waals surface area contributed by atoms with Crippen molar-refractivity contribution < 1.29 is 31.1 Å². The molecule has 1 saturated heterocycles. The zero-order valence-electron chi connectivity index (χ0n) is 19.9. The van der Waals surface area contributed by atoms with Crippen molar-refractivity contribution in [3.63, 3.8) is 0 Å². The van der Waals surface area contributed by atoms with Crippen molar-refractivity contribution >= 4 is 23.2 Å². The number of hydrogen-bond donors (Lipinski definition) is 1. The van der Waals surface area contributed by atoms with Crippen molar-refractivity contribution in [1.82, 2.24) is 19.9 Å². The maximum Gasteiger partial charge on any atom is 0.419 e. The Labute approximate surface area is 213 Å². The van der Waals surface area contributed by atoms with E-state index in [2.05, 4.69) is 20.3 Å². The van der Waals surface area contributed by atoms with Crippen molar-refractivity contribution in [2.24, 2.45) is 0 Å². The van der Waals surface area contributed by atoms with Crippen molar-refractivity contribution in [2.45, 2.75) is 38.2 Å². The molecule has 0 saturated carbocycles. The highest BCUT2D eigenvalue weighted by Crippen LogP contribution is 2.37. The zero-order chi connectivity index (χ0) is 27.1. The Kier molecular flexibility index (Phi) is 6.61. The molecule has 0 bridgehead atoms. The van der Waals surface area contributed by atoms with E-state index in [0.29, 0.717) is 30.0 Å². The molecule has 1 fully saturated rings. The van der Waals surface area contributed by atoms with Gasteiger partial charge in [-0.25, -0.2) is 15.0 Å². The van der Waals surface area contributed by atoms with Gasteiger partial charge in [0.25, 0.3) is 5.91 Å². The van der Waals surface area contributed by atoms with E-state index in [9.17, 15) is 31.1 Å². The minimum absolute atomic E-state index is 0.0556. The van der Waals surface area contributed by atoms with E-state index in [0.717, 1.165) is 31.0 Å². The lowest BCUT2D eigenvalue weighted by atomic mass is 10.0. The van der Waals surface area contributed by atoms with Gasteiger partial charge in [-0.1, -0.05) is 0 Å². The molecule has 200 valence electrons. The summed E-state index contributed by atoms with van der Waals surface area (Å²) in [4.78, 5) is 28.9. The number of alkyl halides is 6. The third-order valence-electron chi connectivity index (χ3n) is 6.52. The second-order valence-corrected chi connectivity index (χ2v) is 9.06. The van der Waals surface area contributed by atoms with Crippen molar-refractivity contribution in [3.8, 4) is 0 Å². The van der Waals surface area contributed by atoms with Gasteiger partial charge in [0, 0.05) is 37.1 Å². The zero-order valence-corrected chi connectivity index (χ0v) is 19.9. The second kappa shape index (κ2) is 9.76. The van der Waals surface area contributed by atoms with Crippen LogP contribution in [-0.2, 0) is 25.3 Å². The first-order valence-electron chi connectivity index (χ1n) is 11.9. The summed E-state index contributed by atoms with van der Waals surface area (Å²) in [5.41, 5.74) is -0.464. The topological polar surface area (TPSA) is 74.2 Å². The Bertz CT molecular complexity index is 1340. The van der Waals surface area contributed by atoms with Gasteiger partial charge in [0.15, 0.2) is 0 Å². The summed E-state index contributed by atoms with van der Waals surface area (Å²) >= 11 is 0. The van der Waals surface area contributed by atoms with Crippen molar-refractivity contribution in [1.29, 1.82) is 0 Å². The number of hydrogen-bond acceptors (Lipinski definition) is 6. The Morgan fingerprint density at radius 1 is 0.895 bits per heavy atom. The van der Waals surface area contributed by atoms with Crippen LogP contribution in [0.5, 0.6) is 0 Å². The molecule has 0 aliphatic carbocycles. The van der Waals surface area contributed by atoms with Gasteiger partial charge >= 0.3 is 12.4 Å². The lowest BCUT2D eigenvalue weighted by molar-refractivity contribution is -0.138. The predicted molar refractivity (Wildman–Crippen MR) is 126 cm³/mol. The average Bonchev–Trinajstić information content (AvgIpc) is 3.42. The molecule has 7 nitrogen and oxygen atoms in total. The largest absolute Gasteiger partial charge is 0.419 e. The quantitative estimate of drug-likeness (QED) is 0.447. The van der Waals surface area contributed by atoms with Gasteiger partial charge in [-0.3, -0.25) is 4.79 Å². The number of anilines is 3. The summed E-state index contributed by atoms with van der Waals surface area (Å²) in [5, 5.41) is 2.98. The van der Waals surface area contributed by atoms with Gasteiger partial charge in [0.05, 0.1) is 23.4 Å². The van der Waals surface area contributed by atoms with Crippen LogP contribution in [0.2, 0.25) is 0 Å². The molecule has 1 N–H and O–H groups in total. The monoisotopic (exact) mass is 536 g/mol. The molecule has 0 radical (unpaired) electrons.